The average Bonchev–Trinajstić information content (AvgIpc) is 2.67. The minimum absolute atomic E-state index is 0.0544. The summed E-state index contributed by atoms with van der Waals surface area (Å²) in [6.07, 6.45) is -1.53. The van der Waals surface area contributed by atoms with E-state index in [9.17, 15) is 9.18 Å². The number of likely N-dealkylation sites (tertiary alicyclic amines) is 1. The molecule has 0 aromatic rings. The van der Waals surface area contributed by atoms with Crippen molar-refractivity contribution in [2.24, 2.45) is 5.73 Å². The molecule has 16 heavy (non-hydrogen) atoms. The minimum Gasteiger partial charge on any atom is -0.380 e. The molecule has 2 N–H and O–H groups in total. The van der Waals surface area contributed by atoms with Gasteiger partial charge in [-0.05, 0) is 6.92 Å². The molecule has 1 saturated heterocycles. The fourth-order valence-electron chi connectivity index (χ4n) is 1.69. The minimum atomic E-state index is -1.14. The molecule has 1 aliphatic heterocycles. The van der Waals surface area contributed by atoms with Crippen LogP contribution < -0.4 is 5.73 Å². The van der Waals surface area contributed by atoms with Crippen LogP contribution in [0, 0.1) is 11.3 Å². The SMILES string of the molecule is CO[C@H](C)[C@H](N)C(=O)N1C[C@@H](F)C[C@H]1C#N. The molecular formula is C10H16FN3O2. The normalized spacial score (nSPS) is 28.6. The van der Waals surface area contributed by atoms with E-state index in [0.717, 1.165) is 0 Å². The fourth-order valence-corrected chi connectivity index (χ4v) is 1.69. The van der Waals surface area contributed by atoms with Crippen molar-refractivity contribution in [3.05, 3.63) is 0 Å². The van der Waals surface area contributed by atoms with Gasteiger partial charge in [0.25, 0.3) is 0 Å². The van der Waals surface area contributed by atoms with Crippen LogP contribution in [0.2, 0.25) is 0 Å². The zero-order valence-corrected chi connectivity index (χ0v) is 9.39. The van der Waals surface area contributed by atoms with Gasteiger partial charge >= 0.3 is 0 Å². The first kappa shape index (κ1) is 12.9. The Labute approximate surface area is 94.0 Å². The molecule has 0 saturated carbocycles. The number of hydrogen-bond donors (Lipinski definition) is 1. The number of methoxy groups -OCH3 is 1. The number of hydrogen-bond acceptors (Lipinski definition) is 4. The Morgan fingerprint density at radius 3 is 2.88 bits per heavy atom. The van der Waals surface area contributed by atoms with E-state index in [1.54, 1.807) is 6.92 Å². The molecule has 4 atom stereocenters. The lowest BCUT2D eigenvalue weighted by Crippen LogP contribution is -2.51. The number of nitrogens with two attached hydrogens (primary N) is 1. The topological polar surface area (TPSA) is 79.3 Å². The van der Waals surface area contributed by atoms with Crippen LogP contribution in [0.15, 0.2) is 0 Å². The van der Waals surface area contributed by atoms with Crippen LogP contribution >= 0.6 is 0 Å². The van der Waals surface area contributed by atoms with Crippen LogP contribution in [0.4, 0.5) is 4.39 Å². The van der Waals surface area contributed by atoms with Crippen LogP contribution in [-0.2, 0) is 9.53 Å². The van der Waals surface area contributed by atoms with Gasteiger partial charge in [-0.15, -0.1) is 0 Å². The van der Waals surface area contributed by atoms with E-state index in [0.29, 0.717) is 0 Å². The maximum Gasteiger partial charge on any atom is 0.243 e. The summed E-state index contributed by atoms with van der Waals surface area (Å²) in [6, 6.07) is 0.340. The summed E-state index contributed by atoms with van der Waals surface area (Å²) in [4.78, 5) is 13.1. The molecule has 0 unspecified atom stereocenters. The molecule has 0 aromatic heterocycles. The monoisotopic (exact) mass is 229 g/mol. The van der Waals surface area contributed by atoms with E-state index in [4.69, 9.17) is 15.7 Å². The highest BCUT2D eigenvalue weighted by Gasteiger charge is 2.38. The lowest BCUT2D eigenvalue weighted by molar-refractivity contribution is -0.135. The molecule has 1 fully saturated rings. The number of rotatable bonds is 3. The first-order valence-corrected chi connectivity index (χ1v) is 5.13. The Morgan fingerprint density at radius 1 is 1.75 bits per heavy atom. The molecule has 1 heterocycles. The van der Waals surface area contributed by atoms with Crippen LogP contribution in [0.5, 0.6) is 0 Å². The molecule has 1 rings (SSSR count). The summed E-state index contributed by atoms with van der Waals surface area (Å²) in [5.74, 6) is -0.430. The van der Waals surface area contributed by atoms with Crippen molar-refractivity contribution in [3.8, 4) is 6.07 Å². The number of amides is 1. The highest BCUT2D eigenvalue weighted by molar-refractivity contribution is 5.83. The molecule has 5 nitrogen and oxygen atoms in total. The van der Waals surface area contributed by atoms with Gasteiger partial charge in [-0.2, -0.15) is 5.26 Å². The average molecular weight is 229 g/mol. The van der Waals surface area contributed by atoms with Gasteiger partial charge in [0, 0.05) is 13.5 Å². The van der Waals surface area contributed by atoms with Crippen LogP contribution in [0.3, 0.4) is 0 Å². The van der Waals surface area contributed by atoms with Gasteiger partial charge in [-0.3, -0.25) is 4.79 Å². The van der Waals surface area contributed by atoms with Gasteiger partial charge < -0.3 is 15.4 Å². The van der Waals surface area contributed by atoms with Crippen LogP contribution in [-0.4, -0.2) is 48.8 Å². The van der Waals surface area contributed by atoms with Gasteiger partial charge in [0.2, 0.25) is 5.91 Å². The maximum atomic E-state index is 13.1. The third kappa shape index (κ3) is 2.49. The highest BCUT2D eigenvalue weighted by atomic mass is 19.1. The summed E-state index contributed by atoms with van der Waals surface area (Å²) in [5, 5.41) is 8.80. The standard InChI is InChI=1S/C10H16FN3O2/c1-6(16-2)9(13)10(15)14-5-7(11)3-8(14)4-12/h6-9H,3,5,13H2,1-2H3/t6-,7+,8+,9+/m1/s1. The Bertz CT molecular complexity index is 305. The lowest BCUT2D eigenvalue weighted by atomic mass is 10.1. The first-order valence-electron chi connectivity index (χ1n) is 5.13. The van der Waals surface area contributed by atoms with Crippen molar-refractivity contribution in [1.29, 1.82) is 5.26 Å². The molecule has 0 radical (unpaired) electrons. The second-order valence-electron chi connectivity index (χ2n) is 3.94. The molecule has 0 spiro atoms. The quantitative estimate of drug-likeness (QED) is 0.727. The van der Waals surface area contributed by atoms with E-state index in [1.807, 2.05) is 6.07 Å². The summed E-state index contributed by atoms with van der Waals surface area (Å²) in [6.45, 7) is 1.61. The third-order valence-electron chi connectivity index (χ3n) is 2.84. The van der Waals surface area contributed by atoms with E-state index in [-0.39, 0.29) is 13.0 Å². The number of carbonyl (C=O) groups is 1. The van der Waals surface area contributed by atoms with E-state index >= 15 is 0 Å². The Hall–Kier alpha value is -1.19. The summed E-state index contributed by atoms with van der Waals surface area (Å²) < 4.78 is 18.0. The largest absolute Gasteiger partial charge is 0.380 e. The summed E-state index contributed by atoms with van der Waals surface area (Å²) in [7, 11) is 1.45. The molecule has 90 valence electrons. The molecule has 0 bridgehead atoms. The highest BCUT2D eigenvalue weighted by Crippen LogP contribution is 2.21. The zero-order valence-electron chi connectivity index (χ0n) is 9.39. The maximum absolute atomic E-state index is 13.1. The Kier molecular flexibility index (Phi) is 4.21. The first-order chi connectivity index (χ1) is 7.51. The third-order valence-corrected chi connectivity index (χ3v) is 2.84. The molecule has 1 aliphatic rings. The smallest absolute Gasteiger partial charge is 0.243 e. The van der Waals surface area contributed by atoms with Gasteiger partial charge in [0.05, 0.1) is 18.7 Å². The van der Waals surface area contributed by atoms with Crippen LogP contribution in [0.1, 0.15) is 13.3 Å². The molecule has 6 heteroatoms. The van der Waals surface area contributed by atoms with Crippen molar-refractivity contribution < 1.29 is 13.9 Å². The fraction of sp³-hybridized carbons (Fsp3) is 0.800. The van der Waals surface area contributed by atoms with E-state index in [2.05, 4.69) is 0 Å². The van der Waals surface area contributed by atoms with Crippen molar-refractivity contribution >= 4 is 5.91 Å². The Balaban J connectivity index is 2.70. The predicted molar refractivity (Wildman–Crippen MR) is 55.1 cm³/mol. The number of ether oxygens (including phenoxy) is 1. The number of alkyl halides is 1. The van der Waals surface area contributed by atoms with Crippen molar-refractivity contribution in [1.82, 2.24) is 4.90 Å². The van der Waals surface area contributed by atoms with Crippen molar-refractivity contribution in [3.63, 3.8) is 0 Å². The second-order valence-corrected chi connectivity index (χ2v) is 3.94. The van der Waals surface area contributed by atoms with Crippen LogP contribution in [0.25, 0.3) is 0 Å². The Morgan fingerprint density at radius 2 is 2.38 bits per heavy atom. The van der Waals surface area contributed by atoms with Gasteiger partial charge in [0.15, 0.2) is 0 Å². The molecule has 0 aromatic carbocycles. The van der Waals surface area contributed by atoms with Gasteiger partial charge in [-0.1, -0.05) is 0 Å². The summed E-state index contributed by atoms with van der Waals surface area (Å²) >= 11 is 0. The van der Waals surface area contributed by atoms with Crippen molar-refractivity contribution in [2.75, 3.05) is 13.7 Å². The van der Waals surface area contributed by atoms with Gasteiger partial charge in [0.1, 0.15) is 18.3 Å². The van der Waals surface area contributed by atoms with Gasteiger partial charge in [-0.25, -0.2) is 4.39 Å². The molecule has 0 aliphatic carbocycles. The van der Waals surface area contributed by atoms with E-state index < -0.39 is 30.3 Å². The van der Waals surface area contributed by atoms with Crippen molar-refractivity contribution in [2.45, 2.75) is 37.7 Å². The molecule has 1 amide bonds. The molecular weight excluding hydrogens is 213 g/mol. The predicted octanol–water partition coefficient (Wildman–Crippen LogP) is -0.189. The number of nitriles is 1. The number of halogens is 1. The summed E-state index contributed by atoms with van der Waals surface area (Å²) in [5.41, 5.74) is 5.67. The lowest BCUT2D eigenvalue weighted by Gasteiger charge is -2.25. The van der Waals surface area contributed by atoms with E-state index in [1.165, 1.54) is 12.0 Å². The number of nitrogens with zero attached hydrogens (tertiary/aromatic N) is 2. The second kappa shape index (κ2) is 5.23. The zero-order chi connectivity index (χ0) is 12.3. The number of carbonyl (C=O) groups excluding carboxylic acids is 1.